The van der Waals surface area contributed by atoms with Gasteiger partial charge in [0.15, 0.2) is 0 Å². The summed E-state index contributed by atoms with van der Waals surface area (Å²) in [6, 6.07) is 0. The first-order chi connectivity index (χ1) is 11.3. The topological polar surface area (TPSA) is 66.8 Å². The molecule has 24 heavy (non-hydrogen) atoms. The minimum absolute atomic E-state index is 0.0235. The molecule has 4 heteroatoms. The second-order valence-electron chi connectivity index (χ2n) is 7.47. The third-order valence-corrected chi connectivity index (χ3v) is 5.21. The molecule has 0 aromatic rings. The van der Waals surface area contributed by atoms with Gasteiger partial charge >= 0.3 is 5.97 Å². The predicted octanol–water partition coefficient (Wildman–Crippen LogP) is 3.30. The summed E-state index contributed by atoms with van der Waals surface area (Å²) >= 11 is 0. The zero-order valence-corrected chi connectivity index (χ0v) is 15.0. The maximum absolute atomic E-state index is 12.1. The van der Waals surface area contributed by atoms with Crippen LogP contribution in [0.1, 0.15) is 52.9 Å². The molecule has 0 amide bonds. The van der Waals surface area contributed by atoms with Crippen LogP contribution >= 0.6 is 0 Å². The van der Waals surface area contributed by atoms with Crippen LogP contribution in [0.3, 0.4) is 0 Å². The molecular weight excluding hydrogens is 304 g/mol. The van der Waals surface area contributed by atoms with Crippen molar-refractivity contribution in [3.05, 3.63) is 35.5 Å². The lowest BCUT2D eigenvalue weighted by atomic mass is 9.80. The maximum atomic E-state index is 12.1. The highest BCUT2D eigenvalue weighted by molar-refractivity contribution is 5.89. The SMILES string of the molecule is C=C1C(=O)O[C@H]2C[C@H]1[C@@H](O)C/C(C)=C/CC/C(C)=C\[C@@H](O)C[C@H]2C. The number of carbonyl (C=O) groups excluding carboxylic acids is 1. The van der Waals surface area contributed by atoms with E-state index in [1.165, 1.54) is 0 Å². The van der Waals surface area contributed by atoms with E-state index in [1.54, 1.807) is 0 Å². The van der Waals surface area contributed by atoms with Gasteiger partial charge in [0.2, 0.25) is 0 Å². The molecule has 1 saturated heterocycles. The van der Waals surface area contributed by atoms with Crippen LogP contribution in [0.2, 0.25) is 0 Å². The first kappa shape index (κ1) is 18.9. The molecular formula is C20H30O4. The Hall–Kier alpha value is -1.39. The Balaban J connectivity index is 2.26. The van der Waals surface area contributed by atoms with E-state index in [0.717, 1.165) is 24.0 Å². The molecule has 4 nitrogen and oxygen atoms in total. The van der Waals surface area contributed by atoms with Crippen molar-refractivity contribution in [2.45, 2.75) is 71.2 Å². The van der Waals surface area contributed by atoms with Crippen molar-refractivity contribution >= 4 is 5.97 Å². The van der Waals surface area contributed by atoms with Crippen LogP contribution in [-0.4, -0.2) is 34.5 Å². The smallest absolute Gasteiger partial charge is 0.334 e. The van der Waals surface area contributed by atoms with Gasteiger partial charge in [0.1, 0.15) is 6.10 Å². The normalized spacial score (nSPS) is 40.6. The second kappa shape index (κ2) is 8.13. The van der Waals surface area contributed by atoms with Gasteiger partial charge in [-0.25, -0.2) is 4.79 Å². The van der Waals surface area contributed by atoms with Crippen LogP contribution in [0.25, 0.3) is 0 Å². The molecule has 134 valence electrons. The lowest BCUT2D eigenvalue weighted by Crippen LogP contribution is -2.40. The van der Waals surface area contributed by atoms with E-state index >= 15 is 0 Å². The molecule has 0 spiro atoms. The van der Waals surface area contributed by atoms with E-state index in [-0.39, 0.29) is 17.9 Å². The molecule has 5 atom stereocenters. The van der Waals surface area contributed by atoms with E-state index in [1.807, 2.05) is 26.8 Å². The summed E-state index contributed by atoms with van der Waals surface area (Å²) < 4.78 is 5.50. The average Bonchev–Trinajstić information content (AvgIpc) is 2.48. The van der Waals surface area contributed by atoms with E-state index < -0.39 is 18.2 Å². The van der Waals surface area contributed by atoms with Gasteiger partial charge in [0.25, 0.3) is 0 Å². The van der Waals surface area contributed by atoms with Gasteiger partial charge in [-0.15, -0.1) is 0 Å². The molecule has 1 aliphatic heterocycles. The van der Waals surface area contributed by atoms with Gasteiger partial charge in [0, 0.05) is 11.5 Å². The van der Waals surface area contributed by atoms with Crippen molar-refractivity contribution in [3.8, 4) is 0 Å². The number of hydrogen-bond donors (Lipinski definition) is 2. The standard InChI is InChI=1S/C20H30O4/c1-12-6-5-7-13(2)9-18(22)17-11-19(24-20(23)15(17)4)14(3)10-16(21)8-12/h7-8,14,16-19,21-22H,4-6,9-11H2,1-3H3/b12-8-,13-7+/t14-,16-,17-,18+,19+/m1/s1. The number of ether oxygens (including phenoxy) is 1. The first-order valence-electron chi connectivity index (χ1n) is 8.86. The summed E-state index contributed by atoms with van der Waals surface area (Å²) in [7, 11) is 0. The number of rotatable bonds is 0. The van der Waals surface area contributed by atoms with Crippen molar-refractivity contribution in [1.29, 1.82) is 0 Å². The van der Waals surface area contributed by atoms with Gasteiger partial charge in [-0.1, -0.05) is 36.8 Å². The molecule has 2 bridgehead atoms. The molecule has 0 aromatic carbocycles. The van der Waals surface area contributed by atoms with Gasteiger partial charge < -0.3 is 14.9 Å². The molecule has 1 fully saturated rings. The number of fused-ring (bicyclic) bond motifs is 2. The summed E-state index contributed by atoms with van der Waals surface area (Å²) in [4.78, 5) is 12.1. The van der Waals surface area contributed by atoms with Crippen LogP contribution in [0, 0.1) is 11.8 Å². The number of aliphatic hydroxyl groups is 2. The zero-order chi connectivity index (χ0) is 17.9. The highest BCUT2D eigenvalue weighted by atomic mass is 16.5. The Morgan fingerprint density at radius 1 is 1.21 bits per heavy atom. The number of carbonyl (C=O) groups is 1. The Kier molecular flexibility index (Phi) is 6.41. The molecule has 0 unspecified atom stereocenters. The average molecular weight is 334 g/mol. The van der Waals surface area contributed by atoms with Crippen molar-refractivity contribution in [1.82, 2.24) is 0 Å². The van der Waals surface area contributed by atoms with Gasteiger partial charge in [-0.05, 0) is 51.9 Å². The summed E-state index contributed by atoms with van der Waals surface area (Å²) in [5, 5.41) is 20.9. The predicted molar refractivity (Wildman–Crippen MR) is 94.3 cm³/mol. The minimum atomic E-state index is -0.624. The second-order valence-corrected chi connectivity index (χ2v) is 7.47. The highest BCUT2D eigenvalue weighted by Gasteiger charge is 2.38. The molecule has 1 heterocycles. The Morgan fingerprint density at radius 3 is 2.62 bits per heavy atom. The van der Waals surface area contributed by atoms with E-state index in [2.05, 4.69) is 12.7 Å². The van der Waals surface area contributed by atoms with Crippen LogP contribution in [0.15, 0.2) is 35.5 Å². The maximum Gasteiger partial charge on any atom is 0.334 e. The molecule has 0 saturated carbocycles. The van der Waals surface area contributed by atoms with Crippen LogP contribution < -0.4 is 0 Å². The number of hydrogen-bond acceptors (Lipinski definition) is 4. The zero-order valence-electron chi connectivity index (χ0n) is 15.0. The molecule has 2 N–H and O–H groups in total. The number of allylic oxidation sites excluding steroid dienone is 2. The molecule has 1 aliphatic carbocycles. The van der Waals surface area contributed by atoms with E-state index in [9.17, 15) is 15.0 Å². The van der Waals surface area contributed by atoms with Crippen molar-refractivity contribution < 1.29 is 19.7 Å². The lowest BCUT2D eigenvalue weighted by Gasteiger charge is -2.36. The fraction of sp³-hybridized carbons (Fsp3) is 0.650. The fourth-order valence-corrected chi connectivity index (χ4v) is 3.66. The van der Waals surface area contributed by atoms with Crippen LogP contribution in [-0.2, 0) is 9.53 Å². The summed E-state index contributed by atoms with van der Waals surface area (Å²) in [5.41, 5.74) is 2.63. The Morgan fingerprint density at radius 2 is 1.92 bits per heavy atom. The summed E-state index contributed by atoms with van der Waals surface area (Å²) in [5.74, 6) is -0.674. The third kappa shape index (κ3) is 4.81. The molecule has 0 radical (unpaired) electrons. The Bertz CT molecular complexity index is 546. The lowest BCUT2D eigenvalue weighted by molar-refractivity contribution is -0.155. The number of aliphatic hydroxyl groups excluding tert-OH is 2. The molecule has 2 aliphatic rings. The van der Waals surface area contributed by atoms with Crippen molar-refractivity contribution in [2.75, 3.05) is 0 Å². The monoisotopic (exact) mass is 334 g/mol. The van der Waals surface area contributed by atoms with Gasteiger partial charge in [-0.2, -0.15) is 0 Å². The van der Waals surface area contributed by atoms with Gasteiger partial charge in [-0.3, -0.25) is 0 Å². The first-order valence-corrected chi connectivity index (χ1v) is 8.86. The largest absolute Gasteiger partial charge is 0.459 e. The van der Waals surface area contributed by atoms with E-state index in [4.69, 9.17) is 4.74 Å². The molecule has 2 rings (SSSR count). The fourth-order valence-electron chi connectivity index (χ4n) is 3.66. The Labute approximate surface area is 144 Å². The van der Waals surface area contributed by atoms with Crippen LogP contribution in [0.4, 0.5) is 0 Å². The van der Waals surface area contributed by atoms with Gasteiger partial charge in [0.05, 0.1) is 12.2 Å². The van der Waals surface area contributed by atoms with Crippen LogP contribution in [0.5, 0.6) is 0 Å². The highest BCUT2D eigenvalue weighted by Crippen LogP contribution is 2.34. The molecule has 0 aromatic heterocycles. The summed E-state index contributed by atoms with van der Waals surface area (Å²) in [6.45, 7) is 9.85. The van der Waals surface area contributed by atoms with E-state index in [0.29, 0.717) is 24.8 Å². The third-order valence-electron chi connectivity index (χ3n) is 5.21. The summed E-state index contributed by atoms with van der Waals surface area (Å²) in [6.07, 6.45) is 6.01. The van der Waals surface area contributed by atoms with Crippen molar-refractivity contribution in [2.24, 2.45) is 11.8 Å². The quantitative estimate of drug-likeness (QED) is 0.405. The minimum Gasteiger partial charge on any atom is -0.459 e. The van der Waals surface area contributed by atoms with Crippen molar-refractivity contribution in [3.63, 3.8) is 0 Å². The number of esters is 1.